The van der Waals surface area contributed by atoms with E-state index in [-0.39, 0.29) is 59.5 Å². The molecule has 1 aliphatic heterocycles. The molecule has 2 N–H and O–H groups in total. The summed E-state index contributed by atoms with van der Waals surface area (Å²) in [4.78, 5) is 39.0. The first-order valence-corrected chi connectivity index (χ1v) is 17.1. The zero-order valence-corrected chi connectivity index (χ0v) is 27.9. The Bertz CT molecular complexity index is 1130. The van der Waals surface area contributed by atoms with E-state index in [1.54, 1.807) is 53.0 Å². The molecule has 17 heteroatoms. The predicted molar refractivity (Wildman–Crippen MR) is 148 cm³/mol. The number of nitrogens with zero attached hydrogens (tertiary/aromatic N) is 4. The van der Waals surface area contributed by atoms with E-state index < -0.39 is 59.7 Å². The van der Waals surface area contributed by atoms with Gasteiger partial charge in [0.15, 0.2) is 0 Å². The van der Waals surface area contributed by atoms with E-state index in [0.29, 0.717) is 19.7 Å². The van der Waals surface area contributed by atoms with Gasteiger partial charge in [-0.15, -0.1) is 0 Å². The molecular weight excluding hydrogens is 744 g/mol. The molecule has 0 radical (unpaired) electrons. The van der Waals surface area contributed by atoms with E-state index in [2.05, 4.69) is 4.72 Å². The molecule has 1 aliphatic rings. The molecule has 2 atom stereocenters. The van der Waals surface area contributed by atoms with Crippen LogP contribution in [0.2, 0.25) is 0 Å². The summed E-state index contributed by atoms with van der Waals surface area (Å²) in [6.07, 6.45) is 0.0372. The van der Waals surface area contributed by atoms with Crippen LogP contribution in [0.15, 0.2) is 30.3 Å². The Morgan fingerprint density at radius 3 is 1.80 bits per heavy atom. The van der Waals surface area contributed by atoms with Gasteiger partial charge in [0, 0.05) is 0 Å². The Morgan fingerprint density at radius 1 is 0.909 bits per heavy atom. The number of hydrogen-bond acceptors (Lipinski definition) is 13. The van der Waals surface area contributed by atoms with Crippen LogP contribution in [0.4, 0.5) is 0 Å². The number of aliphatic carboxylic acids is 3. The van der Waals surface area contributed by atoms with Gasteiger partial charge in [0.2, 0.25) is 0 Å². The number of hydrogen-bond donors (Lipinski definition) is 2. The first-order chi connectivity index (χ1) is 20.6. The van der Waals surface area contributed by atoms with Crippen molar-refractivity contribution in [2.75, 3.05) is 91.4 Å². The zero-order chi connectivity index (χ0) is 32.8. The van der Waals surface area contributed by atoms with Crippen molar-refractivity contribution in [1.29, 1.82) is 0 Å². The van der Waals surface area contributed by atoms with Crippen molar-refractivity contribution in [2.45, 2.75) is 25.2 Å². The van der Waals surface area contributed by atoms with Gasteiger partial charge in [-0.1, -0.05) is 0 Å². The number of benzene rings is 1. The van der Waals surface area contributed by atoms with Gasteiger partial charge >= 0.3 is 287 Å². The molecule has 1 heterocycles. The molecule has 1 fully saturated rings. The van der Waals surface area contributed by atoms with Gasteiger partial charge in [-0.25, -0.2) is 0 Å². The van der Waals surface area contributed by atoms with Crippen LogP contribution in [-0.2, 0) is 35.8 Å². The van der Waals surface area contributed by atoms with Crippen LogP contribution in [0.3, 0.4) is 0 Å². The predicted octanol–water partition coefficient (Wildman–Crippen LogP) is -5.68. The Balaban J connectivity index is 2.21. The minimum absolute atomic E-state index is 0.0828. The summed E-state index contributed by atoms with van der Waals surface area (Å²) >= 11 is 1.56. The van der Waals surface area contributed by atoms with E-state index in [4.69, 9.17) is 4.74 Å². The summed E-state index contributed by atoms with van der Waals surface area (Å²) in [5.74, 6) is -3.90. The molecule has 0 aromatic heterocycles. The quantitative estimate of drug-likeness (QED) is 0.150. The van der Waals surface area contributed by atoms with Crippen molar-refractivity contribution in [1.82, 2.24) is 19.4 Å². The third kappa shape index (κ3) is 16.8. The zero-order valence-electron chi connectivity index (χ0n) is 24.8. The molecular formula is C27H42GdN5O10S-2. The van der Waals surface area contributed by atoms with Crippen molar-refractivity contribution in [3.8, 4) is 0 Å². The fraction of sp³-hybridized carbons (Fsp3) is 0.667. The summed E-state index contributed by atoms with van der Waals surface area (Å²) < 4.78 is 32.7. The number of aliphatic hydroxyl groups excluding tert-OH is 1. The Morgan fingerprint density at radius 2 is 1.36 bits per heavy atom. The number of rotatable bonds is 16. The number of sulfonamides is 1. The Hall–Kier alpha value is -1.38. The first kappa shape index (κ1) is 38.8. The Labute approximate surface area is 285 Å². The fourth-order valence-corrected chi connectivity index (χ4v) is 6.59. The molecule has 0 spiro atoms. The maximum absolute atomic E-state index is 12.2. The summed E-state index contributed by atoms with van der Waals surface area (Å²) in [5, 5.41) is 45.5. The van der Waals surface area contributed by atoms with Crippen molar-refractivity contribution >= 4 is 27.9 Å². The van der Waals surface area contributed by atoms with Crippen LogP contribution in [0.25, 0.3) is 0 Å². The molecule has 0 saturated carbocycles. The van der Waals surface area contributed by atoms with Gasteiger partial charge in [-0.05, 0) is 0 Å². The second kappa shape index (κ2) is 19.3. The van der Waals surface area contributed by atoms with Gasteiger partial charge in [0.1, 0.15) is 0 Å². The van der Waals surface area contributed by atoms with Crippen LogP contribution < -0.4 is 20.0 Å². The monoisotopic (exact) mass is 786 g/mol. The molecule has 2 unspecified atom stereocenters. The molecule has 2 rings (SSSR count). The van der Waals surface area contributed by atoms with E-state index in [1.807, 2.05) is 30.3 Å². The molecule has 1 aromatic rings. The minimum atomic E-state index is -3.69. The number of carboxylic acids is 3. The van der Waals surface area contributed by atoms with Crippen LogP contribution >= 0.6 is 0 Å². The van der Waals surface area contributed by atoms with E-state index >= 15 is 0 Å². The van der Waals surface area contributed by atoms with Crippen LogP contribution in [0.1, 0.15) is 12.0 Å². The Kier molecular flexibility index (Phi) is 17.0. The summed E-state index contributed by atoms with van der Waals surface area (Å²) in [7, 11) is -3.69. The molecule has 0 amide bonds. The van der Waals surface area contributed by atoms with Gasteiger partial charge in [-0.3, -0.25) is 0 Å². The average Bonchev–Trinajstić information content (AvgIpc) is 2.91. The number of quaternary nitrogens is 1. The van der Waals surface area contributed by atoms with Crippen molar-refractivity contribution in [3.63, 3.8) is 0 Å². The SMILES string of the molecule is CS(=O)(=O)NC(CCOCc1ccccc1)C(O)C[N+]1([Gd])CCN(CC(=O)[O-])CCN(CC(=O)[O-])CCN(CC(=O)[O-])CC1. The second-order valence-corrected chi connectivity index (χ2v) is 14.9. The normalized spacial score (nSPS) is 19.3. The van der Waals surface area contributed by atoms with Gasteiger partial charge in [0.25, 0.3) is 0 Å². The molecule has 1 aromatic carbocycles. The number of carbonyl (C=O) groups excluding carboxylic acids is 3. The first-order valence-electron chi connectivity index (χ1n) is 14.2. The molecule has 15 nitrogen and oxygen atoms in total. The van der Waals surface area contributed by atoms with E-state index in [0.717, 1.165) is 11.8 Å². The summed E-state index contributed by atoms with van der Waals surface area (Å²) in [5.41, 5.74) is 0.948. The van der Waals surface area contributed by atoms with Crippen LogP contribution in [0, 0.1) is 38.3 Å². The summed E-state index contributed by atoms with van der Waals surface area (Å²) in [6.45, 7) is 1.33. The topological polar surface area (TPSA) is 206 Å². The number of carboxylic acid groups (broad SMARTS) is 3. The number of aliphatic hydroxyl groups is 1. The third-order valence-corrected chi connectivity index (χ3v) is 9.33. The van der Waals surface area contributed by atoms with E-state index in [1.165, 1.54) is 0 Å². The molecule has 1 saturated heterocycles. The maximum atomic E-state index is 12.2. The van der Waals surface area contributed by atoms with Crippen molar-refractivity contribution in [2.24, 2.45) is 0 Å². The van der Waals surface area contributed by atoms with Crippen molar-refractivity contribution < 1.29 is 86.9 Å². The summed E-state index contributed by atoms with van der Waals surface area (Å²) in [6, 6.07) is 8.57. The van der Waals surface area contributed by atoms with E-state index in [9.17, 15) is 43.2 Å². The molecule has 0 bridgehead atoms. The molecule has 44 heavy (non-hydrogen) atoms. The van der Waals surface area contributed by atoms with Crippen LogP contribution in [-0.4, -0.2) is 150 Å². The number of nitrogens with one attached hydrogen (secondary N) is 1. The van der Waals surface area contributed by atoms with Gasteiger partial charge in [0.05, 0.1) is 0 Å². The fourth-order valence-electron chi connectivity index (χ4n) is 4.89. The number of ether oxygens (including phenoxy) is 1. The second-order valence-electron chi connectivity index (χ2n) is 11.0. The van der Waals surface area contributed by atoms with Gasteiger partial charge < -0.3 is 0 Å². The molecule has 0 aliphatic carbocycles. The van der Waals surface area contributed by atoms with Crippen LogP contribution in [0.5, 0.6) is 0 Å². The van der Waals surface area contributed by atoms with Crippen molar-refractivity contribution in [3.05, 3.63) is 35.9 Å². The number of carbonyl (C=O) groups is 3. The average molecular weight is 786 g/mol. The third-order valence-electron chi connectivity index (χ3n) is 7.17. The standard InChI is InChI=1S/C27H45N5O10S.Gd/c1-43(40,41)28-23(7-16-42-21-22-5-3-2-4-6-22)24(33)17-29-8-10-30(18-25(34)35)12-14-32(20-27(38)39)15-13-31(11-9-29)19-26(36)37;/h2-6,23-24,28,33H,7-21H2,1H3,(H,34,35)(H,36,37)(H,38,39);/q;+1/p-3. The molecule has 251 valence electrons. The van der Waals surface area contributed by atoms with Gasteiger partial charge in [-0.2, -0.15) is 0 Å².